The minimum atomic E-state index is -1.56. The van der Waals surface area contributed by atoms with Crippen molar-refractivity contribution in [3.05, 3.63) is 36.0 Å². The van der Waals surface area contributed by atoms with Crippen LogP contribution in [0.2, 0.25) is 0 Å². The normalized spacial score (nSPS) is 15.3. The second-order valence-corrected chi connectivity index (χ2v) is 9.19. The highest BCUT2D eigenvalue weighted by Gasteiger charge is 2.31. The molecule has 1 aromatic carbocycles. The van der Waals surface area contributed by atoms with Crippen molar-refractivity contribution in [1.29, 1.82) is 0 Å². The summed E-state index contributed by atoms with van der Waals surface area (Å²) in [5.41, 5.74) is 13.5. The number of nitrogens with two attached hydrogens (primary N) is 2. The van der Waals surface area contributed by atoms with Crippen molar-refractivity contribution in [1.82, 2.24) is 20.9 Å². The number of carboxylic acid groups (broad SMARTS) is 1. The van der Waals surface area contributed by atoms with Crippen LogP contribution in [0.4, 0.5) is 0 Å². The molecular weight excluding hydrogens is 500 g/mol. The van der Waals surface area contributed by atoms with Gasteiger partial charge in [-0.15, -0.1) is 0 Å². The summed E-state index contributed by atoms with van der Waals surface area (Å²) in [6, 6.07) is 2.91. The average Bonchev–Trinajstić information content (AvgIpc) is 3.27. The molecule has 3 amide bonds. The Balaban J connectivity index is 2.07. The van der Waals surface area contributed by atoms with Crippen LogP contribution in [0, 0.1) is 0 Å². The smallest absolute Gasteiger partial charge is 0.328 e. The number of carbonyl (C=O) groups excluding carboxylic acids is 3. The zero-order chi connectivity index (χ0) is 27.5. The van der Waals surface area contributed by atoms with Gasteiger partial charge in [0.25, 0.3) is 0 Å². The molecule has 13 heteroatoms. The predicted octanol–water partition coefficient (Wildman–Crippen LogP) is -0.984. The van der Waals surface area contributed by atoms with Gasteiger partial charge in [0.1, 0.15) is 12.1 Å². The van der Waals surface area contributed by atoms with E-state index in [1.54, 1.807) is 6.20 Å². The average molecular weight is 537 g/mol. The molecule has 12 nitrogen and oxygen atoms in total. The number of aromatic amines is 1. The number of thiol groups is 1. The lowest BCUT2D eigenvalue weighted by atomic mass is 10.0. The molecule has 0 spiro atoms. The number of aliphatic hydroxyl groups excluding tert-OH is 1. The van der Waals surface area contributed by atoms with Crippen LogP contribution >= 0.6 is 12.6 Å². The van der Waals surface area contributed by atoms with Crippen LogP contribution in [-0.2, 0) is 25.6 Å². The van der Waals surface area contributed by atoms with E-state index in [-0.39, 0.29) is 18.6 Å². The number of aliphatic hydroxyl groups is 1. The summed E-state index contributed by atoms with van der Waals surface area (Å²) in [5, 5.41) is 27.1. The summed E-state index contributed by atoms with van der Waals surface area (Å²) in [5.74, 6) is -3.59. The van der Waals surface area contributed by atoms with Gasteiger partial charge in [0.2, 0.25) is 17.7 Å². The van der Waals surface area contributed by atoms with Gasteiger partial charge in [-0.2, -0.15) is 12.6 Å². The molecule has 37 heavy (non-hydrogen) atoms. The van der Waals surface area contributed by atoms with Crippen molar-refractivity contribution >= 4 is 47.2 Å². The Morgan fingerprint density at radius 1 is 1.03 bits per heavy atom. The second-order valence-electron chi connectivity index (χ2n) is 8.82. The molecule has 0 saturated carbocycles. The molecule has 0 aliphatic carbocycles. The van der Waals surface area contributed by atoms with Crippen LogP contribution in [0.3, 0.4) is 0 Å². The molecule has 0 saturated heterocycles. The molecule has 5 atom stereocenters. The number of fused-ring (bicyclic) bond motifs is 1. The van der Waals surface area contributed by atoms with Gasteiger partial charge in [0.15, 0.2) is 6.04 Å². The first kappa shape index (κ1) is 30.1. The van der Waals surface area contributed by atoms with Crippen LogP contribution in [0.5, 0.6) is 0 Å². The van der Waals surface area contributed by atoms with Gasteiger partial charge in [-0.05, 0) is 50.8 Å². The highest BCUT2D eigenvalue weighted by atomic mass is 32.1. The number of unbranched alkanes of at least 4 members (excludes halogenated alkanes) is 1. The summed E-state index contributed by atoms with van der Waals surface area (Å²) in [6.07, 6.45) is 2.07. The maximum Gasteiger partial charge on any atom is 0.328 e. The van der Waals surface area contributed by atoms with Gasteiger partial charge in [0, 0.05) is 22.9 Å². The molecule has 0 aliphatic rings. The van der Waals surface area contributed by atoms with Crippen LogP contribution in [-0.4, -0.2) is 81.5 Å². The fourth-order valence-corrected chi connectivity index (χ4v) is 4.04. The van der Waals surface area contributed by atoms with E-state index in [9.17, 15) is 29.4 Å². The van der Waals surface area contributed by atoms with Crippen molar-refractivity contribution in [2.45, 2.75) is 62.9 Å². The molecule has 1 heterocycles. The lowest BCUT2D eigenvalue weighted by Gasteiger charge is -2.25. The number of hydrogen-bond donors (Lipinski definition) is 9. The Bertz CT molecular complexity index is 1080. The largest absolute Gasteiger partial charge is 0.480 e. The summed E-state index contributed by atoms with van der Waals surface area (Å²) in [7, 11) is 0. The van der Waals surface area contributed by atoms with E-state index in [0.717, 1.165) is 16.5 Å². The fourth-order valence-electron chi connectivity index (χ4n) is 3.78. The third-order valence-electron chi connectivity index (χ3n) is 5.89. The minimum absolute atomic E-state index is 0.146. The number of benzene rings is 1. The molecule has 2 aromatic rings. The Morgan fingerprint density at radius 2 is 1.68 bits per heavy atom. The highest BCUT2D eigenvalue weighted by molar-refractivity contribution is 7.80. The Hall–Kier alpha value is -3.13. The van der Waals surface area contributed by atoms with E-state index in [2.05, 4.69) is 33.6 Å². The van der Waals surface area contributed by atoms with Crippen LogP contribution < -0.4 is 27.4 Å². The van der Waals surface area contributed by atoms with E-state index in [4.69, 9.17) is 11.5 Å². The molecule has 0 radical (unpaired) electrons. The number of amides is 3. The third-order valence-corrected chi connectivity index (χ3v) is 6.26. The number of H-pyrrole nitrogens is 1. The quantitative estimate of drug-likeness (QED) is 0.102. The molecule has 2 rings (SSSR count). The van der Waals surface area contributed by atoms with Gasteiger partial charge in [0.05, 0.1) is 12.1 Å². The molecular formula is C24H36N6O6S. The highest BCUT2D eigenvalue weighted by Crippen LogP contribution is 2.19. The number of para-hydroxylation sites is 1. The molecule has 204 valence electrons. The van der Waals surface area contributed by atoms with Gasteiger partial charge in [-0.1, -0.05) is 18.2 Å². The van der Waals surface area contributed by atoms with Crippen molar-refractivity contribution in [2.75, 3.05) is 12.3 Å². The first-order valence-electron chi connectivity index (χ1n) is 12.0. The first-order valence-corrected chi connectivity index (χ1v) is 12.7. The van der Waals surface area contributed by atoms with Gasteiger partial charge < -0.3 is 42.6 Å². The van der Waals surface area contributed by atoms with Crippen LogP contribution in [0.15, 0.2) is 30.5 Å². The Morgan fingerprint density at radius 3 is 2.30 bits per heavy atom. The topological polar surface area (TPSA) is 213 Å². The Labute approximate surface area is 220 Å². The summed E-state index contributed by atoms with van der Waals surface area (Å²) >= 11 is 4.08. The molecule has 1 aromatic heterocycles. The monoisotopic (exact) mass is 536 g/mol. The van der Waals surface area contributed by atoms with E-state index in [1.807, 2.05) is 24.3 Å². The van der Waals surface area contributed by atoms with E-state index < -0.39 is 54.0 Å². The number of carbonyl (C=O) groups is 4. The number of carboxylic acids is 1. The molecule has 5 unspecified atom stereocenters. The minimum Gasteiger partial charge on any atom is -0.480 e. The summed E-state index contributed by atoms with van der Waals surface area (Å²) in [4.78, 5) is 52.9. The molecule has 0 fully saturated rings. The summed E-state index contributed by atoms with van der Waals surface area (Å²) in [6.45, 7) is 1.62. The maximum atomic E-state index is 13.0. The van der Waals surface area contributed by atoms with Crippen molar-refractivity contribution in [2.24, 2.45) is 11.5 Å². The van der Waals surface area contributed by atoms with Crippen LogP contribution in [0.1, 0.15) is 31.7 Å². The van der Waals surface area contributed by atoms with Gasteiger partial charge >= 0.3 is 5.97 Å². The second kappa shape index (κ2) is 14.6. The SMILES string of the molecule is CC(O)C(NC(=O)C(CS)NC(=O)C(CCCCN)NC(=O)C(N)Cc1c[nH]c2ccccc12)C(=O)O. The van der Waals surface area contributed by atoms with Crippen molar-refractivity contribution < 1.29 is 29.4 Å². The van der Waals surface area contributed by atoms with E-state index >= 15 is 0 Å². The van der Waals surface area contributed by atoms with Gasteiger partial charge in [-0.25, -0.2) is 4.79 Å². The first-order chi connectivity index (χ1) is 17.6. The third kappa shape index (κ3) is 8.74. The number of hydrogen-bond acceptors (Lipinski definition) is 8. The maximum absolute atomic E-state index is 13.0. The lowest BCUT2D eigenvalue weighted by molar-refractivity contribution is -0.145. The lowest BCUT2D eigenvalue weighted by Crippen LogP contribution is -2.58. The van der Waals surface area contributed by atoms with E-state index in [1.165, 1.54) is 6.92 Å². The number of rotatable bonds is 15. The Kier molecular flexibility index (Phi) is 11.9. The standard InChI is InChI=1S/C24H36N6O6S/c1-13(31)20(24(35)36)30-23(34)19(12-37)29-22(33)18(8-4-5-9-25)28-21(32)16(26)10-14-11-27-17-7-3-2-6-15(14)17/h2-3,6-7,11,13,16,18-20,27,31,37H,4-5,8-10,12,25-26H2,1H3,(H,28,32)(H,29,33)(H,30,34)(H,35,36). The molecule has 10 N–H and O–H groups in total. The zero-order valence-electron chi connectivity index (χ0n) is 20.6. The van der Waals surface area contributed by atoms with Crippen LogP contribution in [0.25, 0.3) is 10.9 Å². The summed E-state index contributed by atoms with van der Waals surface area (Å²) < 4.78 is 0. The zero-order valence-corrected chi connectivity index (χ0v) is 21.5. The molecule has 0 aliphatic heterocycles. The predicted molar refractivity (Wildman–Crippen MR) is 142 cm³/mol. The van der Waals surface area contributed by atoms with Gasteiger partial charge in [-0.3, -0.25) is 14.4 Å². The van der Waals surface area contributed by atoms with E-state index in [0.29, 0.717) is 19.4 Å². The van der Waals surface area contributed by atoms with Crippen molar-refractivity contribution in [3.8, 4) is 0 Å². The number of aromatic nitrogens is 1. The van der Waals surface area contributed by atoms with Crippen molar-refractivity contribution in [3.63, 3.8) is 0 Å². The fraction of sp³-hybridized carbons (Fsp3) is 0.500. The number of nitrogens with one attached hydrogen (secondary N) is 4. The number of aliphatic carboxylic acids is 1. The molecule has 0 bridgehead atoms.